The number of benzene rings is 1. The Kier molecular flexibility index (Phi) is 3.89. The van der Waals surface area contributed by atoms with Crippen molar-refractivity contribution in [3.05, 3.63) is 65.0 Å². The molecule has 23 heavy (non-hydrogen) atoms. The molecule has 2 N–H and O–H groups in total. The molecule has 0 bridgehead atoms. The summed E-state index contributed by atoms with van der Waals surface area (Å²) in [7, 11) is 0. The van der Waals surface area contributed by atoms with E-state index in [9.17, 15) is 9.18 Å². The third-order valence-corrected chi connectivity index (χ3v) is 3.56. The number of aromatic nitrogens is 3. The minimum atomic E-state index is -0.322. The maximum absolute atomic E-state index is 13.2. The van der Waals surface area contributed by atoms with Crippen molar-refractivity contribution < 1.29 is 4.39 Å². The highest BCUT2D eigenvalue weighted by atomic mass is 19.1. The smallest absolute Gasteiger partial charge is 0.250 e. The van der Waals surface area contributed by atoms with E-state index in [2.05, 4.69) is 9.97 Å². The number of hydrogen-bond donors (Lipinski definition) is 1. The van der Waals surface area contributed by atoms with E-state index in [4.69, 9.17) is 5.73 Å². The fourth-order valence-corrected chi connectivity index (χ4v) is 2.37. The number of halogens is 1. The average molecular weight is 310 g/mol. The van der Waals surface area contributed by atoms with Gasteiger partial charge < -0.3 is 10.3 Å². The molecule has 0 atom stereocenters. The van der Waals surface area contributed by atoms with Crippen LogP contribution in [0.5, 0.6) is 0 Å². The van der Waals surface area contributed by atoms with Crippen LogP contribution >= 0.6 is 0 Å². The van der Waals surface area contributed by atoms with Gasteiger partial charge in [0.1, 0.15) is 5.82 Å². The Hall–Kier alpha value is -3.02. The lowest BCUT2D eigenvalue weighted by Crippen LogP contribution is -2.17. The van der Waals surface area contributed by atoms with Crippen LogP contribution < -0.4 is 11.3 Å². The Morgan fingerprint density at radius 1 is 1.13 bits per heavy atom. The van der Waals surface area contributed by atoms with Crippen molar-refractivity contribution in [2.75, 3.05) is 5.73 Å². The summed E-state index contributed by atoms with van der Waals surface area (Å²) in [5.74, 6) is -0.186. The first-order valence-electron chi connectivity index (χ1n) is 7.18. The highest BCUT2D eigenvalue weighted by Gasteiger charge is 2.12. The lowest BCUT2D eigenvalue weighted by Gasteiger charge is -2.11. The van der Waals surface area contributed by atoms with E-state index in [1.54, 1.807) is 35.2 Å². The van der Waals surface area contributed by atoms with Gasteiger partial charge in [0.25, 0.3) is 5.56 Å². The second kappa shape index (κ2) is 6.00. The first-order chi connectivity index (χ1) is 11.1. The van der Waals surface area contributed by atoms with Crippen LogP contribution in [0.25, 0.3) is 22.4 Å². The summed E-state index contributed by atoms with van der Waals surface area (Å²) in [6.07, 6.45) is 3.37. The van der Waals surface area contributed by atoms with Gasteiger partial charge in [-0.1, -0.05) is 0 Å². The SMILES string of the molecule is CCn1cc(-c2cnc(N)nc2-c2ccc(F)cc2)ccc1=O. The zero-order valence-electron chi connectivity index (χ0n) is 12.5. The predicted octanol–water partition coefficient (Wildman–Crippen LogP) is 2.71. The maximum Gasteiger partial charge on any atom is 0.250 e. The standard InChI is InChI=1S/C17H15FN4O/c1-2-22-10-12(5-8-15(22)23)14-9-20-17(19)21-16(14)11-3-6-13(18)7-4-11/h3-10H,2H2,1H3,(H2,19,20,21). The molecule has 0 radical (unpaired) electrons. The summed E-state index contributed by atoms with van der Waals surface area (Å²) in [6.45, 7) is 2.46. The molecule has 0 spiro atoms. The Morgan fingerprint density at radius 3 is 2.52 bits per heavy atom. The third-order valence-electron chi connectivity index (χ3n) is 3.56. The lowest BCUT2D eigenvalue weighted by molar-refractivity contribution is 0.628. The molecule has 0 saturated heterocycles. The van der Waals surface area contributed by atoms with Gasteiger partial charge in [-0.25, -0.2) is 14.4 Å². The number of nitrogens with zero attached hydrogens (tertiary/aromatic N) is 3. The van der Waals surface area contributed by atoms with E-state index in [1.165, 1.54) is 18.2 Å². The van der Waals surface area contributed by atoms with E-state index in [1.807, 2.05) is 6.92 Å². The van der Waals surface area contributed by atoms with E-state index in [0.717, 1.165) is 16.7 Å². The lowest BCUT2D eigenvalue weighted by atomic mass is 10.0. The van der Waals surface area contributed by atoms with Crippen LogP contribution in [-0.4, -0.2) is 14.5 Å². The highest BCUT2D eigenvalue weighted by Crippen LogP contribution is 2.30. The van der Waals surface area contributed by atoms with Crippen LogP contribution in [0.1, 0.15) is 6.92 Å². The second-order valence-corrected chi connectivity index (χ2v) is 5.04. The fraction of sp³-hybridized carbons (Fsp3) is 0.118. The zero-order valence-corrected chi connectivity index (χ0v) is 12.5. The molecule has 0 aliphatic heterocycles. The van der Waals surface area contributed by atoms with Crippen molar-refractivity contribution in [3.8, 4) is 22.4 Å². The number of nitrogen functional groups attached to an aromatic ring is 1. The fourth-order valence-electron chi connectivity index (χ4n) is 2.37. The molecule has 5 nitrogen and oxygen atoms in total. The summed E-state index contributed by atoms with van der Waals surface area (Å²) in [6, 6.07) is 9.22. The minimum Gasteiger partial charge on any atom is -0.368 e. The summed E-state index contributed by atoms with van der Waals surface area (Å²) in [5.41, 5.74) is 8.48. The normalized spacial score (nSPS) is 10.7. The Bertz CT molecular complexity index is 903. The second-order valence-electron chi connectivity index (χ2n) is 5.04. The molecule has 3 aromatic rings. The van der Waals surface area contributed by atoms with E-state index in [-0.39, 0.29) is 17.3 Å². The molecule has 2 heterocycles. The van der Waals surface area contributed by atoms with Gasteiger partial charge in [-0.3, -0.25) is 4.79 Å². The van der Waals surface area contributed by atoms with Gasteiger partial charge in [-0.15, -0.1) is 0 Å². The van der Waals surface area contributed by atoms with E-state index >= 15 is 0 Å². The minimum absolute atomic E-state index is 0.0732. The quantitative estimate of drug-likeness (QED) is 0.807. The molecule has 0 aliphatic carbocycles. The number of pyridine rings is 1. The van der Waals surface area contributed by atoms with Crippen molar-refractivity contribution in [2.24, 2.45) is 0 Å². The number of nitrogens with two attached hydrogens (primary N) is 1. The van der Waals surface area contributed by atoms with Crippen LogP contribution in [0.4, 0.5) is 10.3 Å². The monoisotopic (exact) mass is 310 g/mol. The average Bonchev–Trinajstić information content (AvgIpc) is 2.56. The van der Waals surface area contributed by atoms with Gasteiger partial charge in [0.2, 0.25) is 5.95 Å². The number of hydrogen-bond acceptors (Lipinski definition) is 4. The first-order valence-corrected chi connectivity index (χ1v) is 7.18. The van der Waals surface area contributed by atoms with Gasteiger partial charge in [0.15, 0.2) is 0 Å². The first kappa shape index (κ1) is 14.9. The molecule has 0 unspecified atom stereocenters. The number of rotatable bonds is 3. The van der Waals surface area contributed by atoms with Crippen molar-refractivity contribution >= 4 is 5.95 Å². The topological polar surface area (TPSA) is 73.8 Å². The molecular formula is C17H15FN4O. The van der Waals surface area contributed by atoms with Gasteiger partial charge in [0.05, 0.1) is 5.69 Å². The van der Waals surface area contributed by atoms with E-state index in [0.29, 0.717) is 12.2 Å². The third kappa shape index (κ3) is 2.96. The van der Waals surface area contributed by atoms with Crippen LogP contribution in [0, 0.1) is 5.82 Å². The van der Waals surface area contributed by atoms with Crippen LogP contribution in [-0.2, 0) is 6.54 Å². The summed E-state index contributed by atoms with van der Waals surface area (Å²) in [4.78, 5) is 20.1. The van der Waals surface area contributed by atoms with Gasteiger partial charge in [-0.2, -0.15) is 0 Å². The largest absolute Gasteiger partial charge is 0.368 e. The molecule has 1 aromatic carbocycles. The Morgan fingerprint density at radius 2 is 1.83 bits per heavy atom. The number of aryl methyl sites for hydroxylation is 1. The number of anilines is 1. The molecule has 0 amide bonds. The highest BCUT2D eigenvalue weighted by molar-refractivity contribution is 5.80. The Labute approximate surface area is 132 Å². The predicted molar refractivity (Wildman–Crippen MR) is 87.2 cm³/mol. The molecule has 2 aromatic heterocycles. The van der Waals surface area contributed by atoms with Gasteiger partial charge in [0, 0.05) is 41.7 Å². The molecule has 3 rings (SSSR count). The summed E-state index contributed by atoms with van der Waals surface area (Å²) >= 11 is 0. The van der Waals surface area contributed by atoms with Gasteiger partial charge in [-0.05, 0) is 37.3 Å². The molecular weight excluding hydrogens is 295 g/mol. The van der Waals surface area contributed by atoms with Crippen molar-refractivity contribution in [3.63, 3.8) is 0 Å². The molecule has 6 heteroatoms. The van der Waals surface area contributed by atoms with Crippen molar-refractivity contribution in [1.29, 1.82) is 0 Å². The summed E-state index contributed by atoms with van der Waals surface area (Å²) in [5, 5.41) is 0. The van der Waals surface area contributed by atoms with Crippen molar-refractivity contribution in [2.45, 2.75) is 13.5 Å². The van der Waals surface area contributed by atoms with Crippen LogP contribution in [0.2, 0.25) is 0 Å². The molecule has 0 saturated carbocycles. The summed E-state index contributed by atoms with van der Waals surface area (Å²) < 4.78 is 14.8. The molecule has 0 fully saturated rings. The van der Waals surface area contributed by atoms with Crippen molar-refractivity contribution in [1.82, 2.24) is 14.5 Å². The van der Waals surface area contributed by atoms with Crippen LogP contribution in [0.3, 0.4) is 0 Å². The van der Waals surface area contributed by atoms with Gasteiger partial charge >= 0.3 is 0 Å². The van der Waals surface area contributed by atoms with E-state index < -0.39 is 0 Å². The molecule has 116 valence electrons. The van der Waals surface area contributed by atoms with Crippen LogP contribution in [0.15, 0.2) is 53.6 Å². The Balaban J connectivity index is 2.20. The zero-order chi connectivity index (χ0) is 16.4. The maximum atomic E-state index is 13.2. The molecule has 0 aliphatic rings.